The number of carbonyl (C=O) groups excluding carboxylic acids is 1. The monoisotopic (exact) mass is 436 g/mol. The van der Waals surface area contributed by atoms with Crippen LogP contribution >= 0.6 is 11.3 Å². The fourth-order valence-corrected chi connectivity index (χ4v) is 4.84. The maximum atomic E-state index is 13.4. The predicted octanol–water partition coefficient (Wildman–Crippen LogP) is 3.75. The Balaban J connectivity index is 1.70. The van der Waals surface area contributed by atoms with Gasteiger partial charge in [0.2, 0.25) is 5.60 Å². The van der Waals surface area contributed by atoms with Crippen molar-refractivity contribution in [3.8, 4) is 10.4 Å². The molecule has 2 heterocycles. The van der Waals surface area contributed by atoms with Crippen molar-refractivity contribution in [2.24, 2.45) is 5.73 Å². The second-order valence-corrected chi connectivity index (χ2v) is 9.20. The molecule has 1 aromatic heterocycles. The Morgan fingerprint density at radius 2 is 1.81 bits per heavy atom. The number of nitrogens with zero attached hydrogens (tertiary/aromatic N) is 1. The van der Waals surface area contributed by atoms with E-state index in [2.05, 4.69) is 11.9 Å². The molecule has 0 radical (unpaired) electrons. The van der Waals surface area contributed by atoms with Crippen molar-refractivity contribution >= 4 is 17.3 Å². The van der Waals surface area contributed by atoms with E-state index in [9.17, 15) is 9.90 Å². The molecule has 1 aliphatic rings. The largest absolute Gasteiger partial charge is 0.460 e. The van der Waals surface area contributed by atoms with Gasteiger partial charge in [-0.15, -0.1) is 11.3 Å². The number of benzene rings is 2. The second-order valence-electron chi connectivity index (χ2n) is 8.04. The minimum absolute atomic E-state index is 0.188. The minimum atomic E-state index is -1.88. The molecular formula is C25H28N2O3S. The molecule has 0 amide bonds. The molecule has 1 unspecified atom stereocenters. The zero-order valence-electron chi connectivity index (χ0n) is 17.7. The van der Waals surface area contributed by atoms with Crippen molar-refractivity contribution in [3.63, 3.8) is 0 Å². The lowest BCUT2D eigenvalue weighted by atomic mass is 9.85. The highest BCUT2D eigenvalue weighted by Gasteiger charge is 2.43. The highest BCUT2D eigenvalue weighted by Crippen LogP contribution is 2.36. The van der Waals surface area contributed by atoms with Gasteiger partial charge in [0.25, 0.3) is 0 Å². The number of likely N-dealkylation sites (tertiary alicyclic amines) is 1. The predicted molar refractivity (Wildman–Crippen MR) is 124 cm³/mol. The average molecular weight is 437 g/mol. The van der Waals surface area contributed by atoms with Crippen LogP contribution in [0.5, 0.6) is 0 Å². The van der Waals surface area contributed by atoms with Gasteiger partial charge in [-0.1, -0.05) is 48.5 Å². The van der Waals surface area contributed by atoms with Crippen LogP contribution in [-0.4, -0.2) is 42.2 Å². The first-order chi connectivity index (χ1) is 15.0. The van der Waals surface area contributed by atoms with Gasteiger partial charge in [-0.2, -0.15) is 0 Å². The van der Waals surface area contributed by atoms with Crippen molar-refractivity contribution in [2.45, 2.75) is 31.1 Å². The first-order valence-corrected chi connectivity index (χ1v) is 11.4. The van der Waals surface area contributed by atoms with E-state index in [1.54, 1.807) is 29.5 Å². The minimum Gasteiger partial charge on any atom is -0.460 e. The lowest BCUT2D eigenvalue weighted by Gasteiger charge is -2.33. The van der Waals surface area contributed by atoms with Crippen LogP contribution in [0.3, 0.4) is 0 Å². The topological polar surface area (TPSA) is 75.8 Å². The summed E-state index contributed by atoms with van der Waals surface area (Å²) in [5.74, 6) is -0.626. The van der Waals surface area contributed by atoms with Gasteiger partial charge in [0.1, 0.15) is 6.10 Å². The fourth-order valence-electron chi connectivity index (χ4n) is 3.96. The molecule has 2 aromatic carbocycles. The Labute approximate surface area is 187 Å². The van der Waals surface area contributed by atoms with E-state index < -0.39 is 11.6 Å². The van der Waals surface area contributed by atoms with E-state index in [4.69, 9.17) is 10.5 Å². The fraction of sp³-hybridized carbons (Fsp3) is 0.320. The molecule has 3 N–H and O–H groups in total. The average Bonchev–Trinajstić information content (AvgIpc) is 3.30. The Bertz CT molecular complexity index is 1030. The first kappa shape index (κ1) is 21.7. The van der Waals surface area contributed by atoms with Crippen molar-refractivity contribution in [1.29, 1.82) is 0 Å². The SMILES string of the molecule is CN1CCC(OC(=O)C(O)(c2ccccc2)c2cccc(-c3ccc(CN)s3)c2)CC1. The van der Waals surface area contributed by atoms with E-state index in [1.807, 2.05) is 48.5 Å². The number of carbonyl (C=O) groups is 1. The van der Waals surface area contributed by atoms with Crippen LogP contribution in [0.2, 0.25) is 0 Å². The summed E-state index contributed by atoms with van der Waals surface area (Å²) in [7, 11) is 2.06. The highest BCUT2D eigenvalue weighted by molar-refractivity contribution is 7.15. The number of aliphatic hydroxyl groups is 1. The Kier molecular flexibility index (Phi) is 6.53. The Hall–Kier alpha value is -2.51. The highest BCUT2D eigenvalue weighted by atomic mass is 32.1. The van der Waals surface area contributed by atoms with Crippen LogP contribution in [-0.2, 0) is 21.7 Å². The number of thiophene rings is 1. The standard InChI is InChI=1S/C25H28N2O3S/c1-27-14-12-21(13-15-27)30-24(28)25(29,19-7-3-2-4-8-19)20-9-5-6-18(16-20)23-11-10-22(17-26)31-23/h2-11,16,21,29H,12-15,17,26H2,1H3. The van der Waals surface area contributed by atoms with Gasteiger partial charge in [-0.25, -0.2) is 4.79 Å². The summed E-state index contributed by atoms with van der Waals surface area (Å²) in [6, 6.07) is 20.5. The van der Waals surface area contributed by atoms with E-state index in [-0.39, 0.29) is 6.10 Å². The number of hydrogen-bond acceptors (Lipinski definition) is 6. The van der Waals surface area contributed by atoms with Gasteiger partial charge in [-0.3, -0.25) is 0 Å². The molecular weight excluding hydrogens is 408 g/mol. The van der Waals surface area contributed by atoms with E-state index in [1.165, 1.54) is 0 Å². The van der Waals surface area contributed by atoms with Gasteiger partial charge in [0.15, 0.2) is 0 Å². The van der Waals surface area contributed by atoms with Crippen LogP contribution in [0.25, 0.3) is 10.4 Å². The number of ether oxygens (including phenoxy) is 1. The maximum Gasteiger partial charge on any atom is 0.347 e. The summed E-state index contributed by atoms with van der Waals surface area (Å²) in [4.78, 5) is 17.8. The second kappa shape index (κ2) is 9.32. The molecule has 4 rings (SSSR count). The van der Waals surface area contributed by atoms with Crippen LogP contribution < -0.4 is 5.73 Å². The molecule has 3 aromatic rings. The molecule has 5 nitrogen and oxygen atoms in total. The number of hydrogen-bond donors (Lipinski definition) is 2. The molecule has 0 saturated carbocycles. The molecule has 1 atom stereocenters. The molecule has 1 saturated heterocycles. The maximum absolute atomic E-state index is 13.4. The van der Waals surface area contributed by atoms with Gasteiger partial charge >= 0.3 is 5.97 Å². The van der Waals surface area contributed by atoms with E-state index in [0.717, 1.165) is 41.2 Å². The summed E-state index contributed by atoms with van der Waals surface area (Å²) < 4.78 is 5.85. The summed E-state index contributed by atoms with van der Waals surface area (Å²) >= 11 is 1.61. The van der Waals surface area contributed by atoms with Gasteiger partial charge in [-0.05, 0) is 49.2 Å². The number of nitrogens with two attached hydrogens (primary N) is 1. The lowest BCUT2D eigenvalue weighted by molar-refractivity contribution is -0.169. The Morgan fingerprint density at radius 1 is 1.10 bits per heavy atom. The first-order valence-electron chi connectivity index (χ1n) is 10.6. The summed E-state index contributed by atoms with van der Waals surface area (Å²) in [5, 5.41) is 11.8. The third-order valence-electron chi connectivity index (χ3n) is 5.85. The van der Waals surface area contributed by atoms with E-state index in [0.29, 0.717) is 17.7 Å². The summed E-state index contributed by atoms with van der Waals surface area (Å²) in [6.07, 6.45) is 1.35. The Morgan fingerprint density at radius 3 is 2.48 bits per heavy atom. The molecule has 0 bridgehead atoms. The summed E-state index contributed by atoms with van der Waals surface area (Å²) in [6.45, 7) is 2.24. The zero-order valence-corrected chi connectivity index (χ0v) is 18.5. The van der Waals surface area contributed by atoms with Gasteiger partial charge in [0, 0.05) is 35.0 Å². The molecule has 162 valence electrons. The molecule has 0 aliphatic carbocycles. The molecule has 31 heavy (non-hydrogen) atoms. The molecule has 1 aliphatic heterocycles. The van der Waals surface area contributed by atoms with Crippen molar-refractivity contribution in [2.75, 3.05) is 20.1 Å². The van der Waals surface area contributed by atoms with Crippen molar-refractivity contribution in [3.05, 3.63) is 82.7 Å². The number of rotatable bonds is 6. The molecule has 0 spiro atoms. The molecule has 6 heteroatoms. The summed E-state index contributed by atoms with van der Waals surface area (Å²) in [5.41, 5.74) is 5.81. The normalized spacial score (nSPS) is 17.3. The zero-order chi connectivity index (χ0) is 21.8. The van der Waals surface area contributed by atoms with Crippen molar-refractivity contribution in [1.82, 2.24) is 4.90 Å². The van der Waals surface area contributed by atoms with Crippen LogP contribution in [0, 0.1) is 0 Å². The molecule has 1 fully saturated rings. The van der Waals surface area contributed by atoms with Crippen molar-refractivity contribution < 1.29 is 14.6 Å². The van der Waals surface area contributed by atoms with E-state index >= 15 is 0 Å². The van der Waals surface area contributed by atoms with Crippen LogP contribution in [0.1, 0.15) is 28.8 Å². The third-order valence-corrected chi connectivity index (χ3v) is 7.01. The lowest BCUT2D eigenvalue weighted by Crippen LogP contribution is -2.43. The van der Waals surface area contributed by atoms with Crippen LogP contribution in [0.4, 0.5) is 0 Å². The third kappa shape index (κ3) is 4.57. The number of esters is 1. The van der Waals surface area contributed by atoms with Crippen LogP contribution in [0.15, 0.2) is 66.7 Å². The smallest absolute Gasteiger partial charge is 0.347 e. The van der Waals surface area contributed by atoms with Gasteiger partial charge in [0.05, 0.1) is 0 Å². The quantitative estimate of drug-likeness (QED) is 0.576. The van der Waals surface area contributed by atoms with Gasteiger partial charge < -0.3 is 20.5 Å². The number of piperidine rings is 1.